The van der Waals surface area contributed by atoms with Gasteiger partial charge >= 0.3 is 0 Å². The Bertz CT molecular complexity index is 528. The molecule has 106 valence electrons. The SMILES string of the molecule is COc1ccccc1[C@H](C)N[C@@H](CO)c1ccccc1. The van der Waals surface area contributed by atoms with Crippen molar-refractivity contribution >= 4 is 0 Å². The number of methoxy groups -OCH3 is 1. The van der Waals surface area contributed by atoms with Crippen LogP contribution in [0.25, 0.3) is 0 Å². The molecule has 0 aliphatic rings. The molecule has 0 radical (unpaired) electrons. The first-order chi connectivity index (χ1) is 9.76. The van der Waals surface area contributed by atoms with Gasteiger partial charge in [0, 0.05) is 11.6 Å². The normalized spacial score (nSPS) is 13.8. The molecule has 2 rings (SSSR count). The third-order valence-electron chi connectivity index (χ3n) is 3.44. The average Bonchev–Trinajstić information content (AvgIpc) is 2.53. The van der Waals surface area contributed by atoms with Gasteiger partial charge in [-0.1, -0.05) is 48.5 Å². The highest BCUT2D eigenvalue weighted by atomic mass is 16.5. The van der Waals surface area contributed by atoms with E-state index in [9.17, 15) is 5.11 Å². The summed E-state index contributed by atoms with van der Waals surface area (Å²) >= 11 is 0. The maximum atomic E-state index is 9.61. The Morgan fingerprint density at radius 1 is 1.05 bits per heavy atom. The topological polar surface area (TPSA) is 41.5 Å². The second-order valence-electron chi connectivity index (χ2n) is 4.78. The lowest BCUT2D eigenvalue weighted by atomic mass is 10.0. The lowest BCUT2D eigenvalue weighted by Gasteiger charge is -2.23. The summed E-state index contributed by atoms with van der Waals surface area (Å²) in [6.45, 7) is 2.13. The minimum absolute atomic E-state index is 0.0590. The van der Waals surface area contributed by atoms with Gasteiger partial charge in [-0.3, -0.25) is 0 Å². The molecule has 0 spiro atoms. The van der Waals surface area contributed by atoms with Gasteiger partial charge in [0.1, 0.15) is 5.75 Å². The highest BCUT2D eigenvalue weighted by Gasteiger charge is 2.16. The number of ether oxygens (including phenoxy) is 1. The fourth-order valence-electron chi connectivity index (χ4n) is 2.36. The van der Waals surface area contributed by atoms with E-state index in [0.29, 0.717) is 0 Å². The van der Waals surface area contributed by atoms with E-state index in [-0.39, 0.29) is 18.7 Å². The quantitative estimate of drug-likeness (QED) is 0.848. The van der Waals surface area contributed by atoms with Crippen molar-refractivity contribution in [2.45, 2.75) is 19.0 Å². The number of nitrogens with one attached hydrogen (secondary N) is 1. The van der Waals surface area contributed by atoms with Crippen LogP contribution in [-0.4, -0.2) is 18.8 Å². The fraction of sp³-hybridized carbons (Fsp3) is 0.294. The lowest BCUT2D eigenvalue weighted by Crippen LogP contribution is -2.27. The van der Waals surface area contributed by atoms with E-state index in [1.807, 2.05) is 54.6 Å². The molecule has 3 nitrogen and oxygen atoms in total. The van der Waals surface area contributed by atoms with Gasteiger partial charge in [-0.15, -0.1) is 0 Å². The van der Waals surface area contributed by atoms with Crippen molar-refractivity contribution in [1.82, 2.24) is 5.32 Å². The molecule has 0 amide bonds. The Hall–Kier alpha value is -1.84. The highest BCUT2D eigenvalue weighted by Crippen LogP contribution is 2.26. The van der Waals surface area contributed by atoms with Crippen molar-refractivity contribution in [2.75, 3.05) is 13.7 Å². The maximum absolute atomic E-state index is 9.61. The van der Waals surface area contributed by atoms with E-state index >= 15 is 0 Å². The molecule has 0 saturated carbocycles. The smallest absolute Gasteiger partial charge is 0.123 e. The molecule has 2 aromatic rings. The van der Waals surface area contributed by atoms with Crippen LogP contribution >= 0.6 is 0 Å². The summed E-state index contributed by atoms with van der Waals surface area (Å²) < 4.78 is 5.38. The molecule has 0 heterocycles. The summed E-state index contributed by atoms with van der Waals surface area (Å²) in [4.78, 5) is 0. The van der Waals surface area contributed by atoms with Crippen LogP contribution in [-0.2, 0) is 0 Å². The molecule has 20 heavy (non-hydrogen) atoms. The fourth-order valence-corrected chi connectivity index (χ4v) is 2.36. The van der Waals surface area contributed by atoms with E-state index < -0.39 is 0 Å². The van der Waals surface area contributed by atoms with Crippen LogP contribution in [0.2, 0.25) is 0 Å². The first-order valence-corrected chi connectivity index (χ1v) is 6.81. The van der Waals surface area contributed by atoms with Crippen LogP contribution in [0, 0.1) is 0 Å². The minimum atomic E-state index is -0.0869. The van der Waals surface area contributed by atoms with Gasteiger partial charge in [-0.05, 0) is 18.6 Å². The third kappa shape index (κ3) is 3.38. The zero-order chi connectivity index (χ0) is 14.4. The zero-order valence-electron chi connectivity index (χ0n) is 11.9. The summed E-state index contributed by atoms with van der Waals surface area (Å²) in [6.07, 6.45) is 0. The highest BCUT2D eigenvalue weighted by molar-refractivity contribution is 5.35. The molecule has 0 aliphatic heterocycles. The van der Waals surface area contributed by atoms with Crippen LogP contribution in [0.4, 0.5) is 0 Å². The van der Waals surface area contributed by atoms with Crippen LogP contribution in [0.15, 0.2) is 54.6 Å². The number of para-hydroxylation sites is 1. The summed E-state index contributed by atoms with van der Waals surface area (Å²) in [5.74, 6) is 0.859. The van der Waals surface area contributed by atoms with Gasteiger partial charge < -0.3 is 15.2 Å². The maximum Gasteiger partial charge on any atom is 0.123 e. The molecular formula is C17H21NO2. The van der Waals surface area contributed by atoms with E-state index in [2.05, 4.69) is 12.2 Å². The van der Waals surface area contributed by atoms with Crippen molar-refractivity contribution in [3.8, 4) is 5.75 Å². The zero-order valence-corrected chi connectivity index (χ0v) is 11.9. The molecule has 0 aromatic heterocycles. The van der Waals surface area contributed by atoms with Gasteiger partial charge in [-0.2, -0.15) is 0 Å². The second kappa shape index (κ2) is 7.08. The van der Waals surface area contributed by atoms with Gasteiger partial charge in [0.25, 0.3) is 0 Å². The largest absolute Gasteiger partial charge is 0.496 e. The van der Waals surface area contributed by atoms with Crippen LogP contribution in [0.5, 0.6) is 5.75 Å². The van der Waals surface area contributed by atoms with E-state index in [0.717, 1.165) is 16.9 Å². The van der Waals surface area contributed by atoms with Gasteiger partial charge in [-0.25, -0.2) is 0 Å². The molecule has 3 heteroatoms. The molecule has 0 bridgehead atoms. The number of aliphatic hydroxyl groups is 1. The number of aliphatic hydroxyl groups excluding tert-OH is 1. The van der Waals surface area contributed by atoms with Gasteiger partial charge in [0.05, 0.1) is 19.8 Å². The number of hydrogen-bond acceptors (Lipinski definition) is 3. The van der Waals surface area contributed by atoms with Crippen molar-refractivity contribution in [3.63, 3.8) is 0 Å². The van der Waals surface area contributed by atoms with Crippen LogP contribution < -0.4 is 10.1 Å². The molecule has 0 saturated heterocycles. The summed E-state index contributed by atoms with van der Waals surface area (Å²) in [7, 11) is 1.67. The van der Waals surface area contributed by atoms with E-state index in [1.54, 1.807) is 7.11 Å². The first-order valence-electron chi connectivity index (χ1n) is 6.81. The summed E-state index contributed by atoms with van der Waals surface area (Å²) in [5.41, 5.74) is 2.17. The monoisotopic (exact) mass is 271 g/mol. The standard InChI is InChI=1S/C17H21NO2/c1-13(15-10-6-7-11-17(15)20-2)18-16(12-19)14-8-4-3-5-9-14/h3-11,13,16,18-19H,12H2,1-2H3/t13-,16-/m0/s1. The Labute approximate surface area is 120 Å². The van der Waals surface area contributed by atoms with Crippen molar-refractivity contribution < 1.29 is 9.84 Å². The molecule has 0 aliphatic carbocycles. The van der Waals surface area contributed by atoms with Crippen molar-refractivity contribution in [1.29, 1.82) is 0 Å². The number of benzene rings is 2. The van der Waals surface area contributed by atoms with Gasteiger partial charge in [0.2, 0.25) is 0 Å². The van der Waals surface area contributed by atoms with Crippen LogP contribution in [0.1, 0.15) is 30.1 Å². The molecule has 2 atom stereocenters. The average molecular weight is 271 g/mol. The number of rotatable bonds is 6. The molecule has 2 N–H and O–H groups in total. The van der Waals surface area contributed by atoms with E-state index in [1.165, 1.54) is 0 Å². The predicted octanol–water partition coefficient (Wildman–Crippen LogP) is 3.08. The van der Waals surface area contributed by atoms with Crippen LogP contribution in [0.3, 0.4) is 0 Å². The Kier molecular flexibility index (Phi) is 5.16. The van der Waals surface area contributed by atoms with Gasteiger partial charge in [0.15, 0.2) is 0 Å². The summed E-state index contributed by atoms with van der Waals surface area (Å²) in [5, 5.41) is 13.1. The molecular weight excluding hydrogens is 250 g/mol. The number of hydrogen-bond donors (Lipinski definition) is 2. The van der Waals surface area contributed by atoms with E-state index in [4.69, 9.17) is 4.74 Å². The predicted molar refractivity (Wildman–Crippen MR) is 80.8 cm³/mol. The molecule has 2 aromatic carbocycles. The van der Waals surface area contributed by atoms with Crippen molar-refractivity contribution in [3.05, 3.63) is 65.7 Å². The Morgan fingerprint density at radius 3 is 2.35 bits per heavy atom. The third-order valence-corrected chi connectivity index (χ3v) is 3.44. The molecule has 0 unspecified atom stereocenters. The summed E-state index contributed by atoms with van der Waals surface area (Å²) in [6, 6.07) is 17.9. The first kappa shape index (κ1) is 14.6. The molecule has 0 fully saturated rings. The minimum Gasteiger partial charge on any atom is -0.496 e. The van der Waals surface area contributed by atoms with Crippen molar-refractivity contribution in [2.24, 2.45) is 0 Å². The Morgan fingerprint density at radius 2 is 1.70 bits per heavy atom. The second-order valence-corrected chi connectivity index (χ2v) is 4.78. The Balaban J connectivity index is 2.15. The lowest BCUT2D eigenvalue weighted by molar-refractivity contribution is 0.234.